The number of hydrogen-bond acceptors (Lipinski definition) is 9. The van der Waals surface area contributed by atoms with Crippen LogP contribution >= 0.6 is 0 Å². The molecule has 1 saturated heterocycles. The van der Waals surface area contributed by atoms with Gasteiger partial charge in [0.1, 0.15) is 41.2 Å². The fraction of sp³-hybridized carbons (Fsp3) is 0.286. The monoisotopic (exact) mass is 421 g/mol. The van der Waals surface area contributed by atoms with Crippen molar-refractivity contribution in [1.29, 1.82) is 0 Å². The van der Waals surface area contributed by atoms with Gasteiger partial charge >= 0.3 is 0 Å². The number of aromatic nitrogens is 4. The Morgan fingerprint density at radius 3 is 2.81 bits per heavy atom. The number of anilines is 3. The summed E-state index contributed by atoms with van der Waals surface area (Å²) < 4.78 is 5.99. The first kappa shape index (κ1) is 19.5. The lowest BCUT2D eigenvalue weighted by Gasteiger charge is -2.26. The number of H-pyrrole nitrogens is 1. The molecule has 1 aliphatic heterocycles. The number of nitrogens with one attached hydrogen (secondary N) is 2. The lowest BCUT2D eigenvalue weighted by atomic mass is 9.92. The number of nitrogens with zero attached hydrogens (tertiary/aromatic N) is 3. The van der Waals surface area contributed by atoms with Crippen LogP contribution in [0.2, 0.25) is 0 Å². The fourth-order valence-corrected chi connectivity index (χ4v) is 3.91. The summed E-state index contributed by atoms with van der Waals surface area (Å²) in [6, 6.07) is 11.1. The van der Waals surface area contributed by atoms with Gasteiger partial charge in [-0.15, -0.1) is 0 Å². The van der Waals surface area contributed by atoms with Crippen LogP contribution in [0.3, 0.4) is 0 Å². The molecule has 10 nitrogen and oxygen atoms in total. The number of nitrogens with two attached hydrogens (primary N) is 2. The predicted molar refractivity (Wildman–Crippen MR) is 117 cm³/mol. The fourth-order valence-electron chi connectivity index (χ4n) is 3.91. The number of rotatable bonds is 4. The van der Waals surface area contributed by atoms with Gasteiger partial charge in [0.25, 0.3) is 0 Å². The molecule has 31 heavy (non-hydrogen) atoms. The number of hydrogen-bond donors (Lipinski definition) is 6. The number of ether oxygens (including phenoxy) is 1. The summed E-state index contributed by atoms with van der Waals surface area (Å²) in [5, 5.41) is 26.6. The summed E-state index contributed by atoms with van der Waals surface area (Å²) >= 11 is 0. The van der Waals surface area contributed by atoms with E-state index in [1.807, 2.05) is 24.3 Å². The van der Waals surface area contributed by atoms with Crippen LogP contribution in [0.4, 0.5) is 17.3 Å². The molecular formula is C21H23N7O3. The molecule has 4 atom stereocenters. The molecule has 1 aromatic carbocycles. The summed E-state index contributed by atoms with van der Waals surface area (Å²) in [5.74, 6) is 0.935. The third kappa shape index (κ3) is 3.30. The molecule has 0 amide bonds. The molecule has 4 heterocycles. The third-order valence-electron chi connectivity index (χ3n) is 5.77. The molecule has 10 heteroatoms. The van der Waals surface area contributed by atoms with Crippen LogP contribution in [0.15, 0.2) is 42.6 Å². The van der Waals surface area contributed by atoms with Crippen LogP contribution in [-0.4, -0.2) is 54.5 Å². The first-order valence-corrected chi connectivity index (χ1v) is 9.89. The van der Waals surface area contributed by atoms with Crippen molar-refractivity contribution in [2.45, 2.75) is 30.8 Å². The van der Waals surface area contributed by atoms with Gasteiger partial charge in [-0.25, -0.2) is 15.0 Å². The van der Waals surface area contributed by atoms with E-state index in [4.69, 9.17) is 16.2 Å². The highest BCUT2D eigenvalue weighted by Crippen LogP contribution is 2.39. The van der Waals surface area contributed by atoms with Gasteiger partial charge in [0.15, 0.2) is 5.82 Å². The van der Waals surface area contributed by atoms with Crippen molar-refractivity contribution in [2.24, 2.45) is 0 Å². The van der Waals surface area contributed by atoms with E-state index in [1.54, 1.807) is 18.3 Å². The summed E-state index contributed by atoms with van der Waals surface area (Å²) in [7, 11) is 0. The normalized spacial score (nSPS) is 26.0. The second-order valence-electron chi connectivity index (χ2n) is 7.95. The summed E-state index contributed by atoms with van der Waals surface area (Å²) in [6.07, 6.45) is -1.17. The Morgan fingerprint density at radius 1 is 1.16 bits per heavy atom. The van der Waals surface area contributed by atoms with E-state index in [1.165, 1.54) is 6.92 Å². The molecule has 0 bridgehead atoms. The molecule has 0 radical (unpaired) electrons. The molecule has 160 valence electrons. The second kappa shape index (κ2) is 7.05. The van der Waals surface area contributed by atoms with Crippen LogP contribution in [0, 0.1) is 0 Å². The van der Waals surface area contributed by atoms with Gasteiger partial charge in [-0.3, -0.25) is 0 Å². The number of pyridine rings is 1. The molecule has 0 saturated carbocycles. The Morgan fingerprint density at radius 2 is 1.97 bits per heavy atom. The van der Waals surface area contributed by atoms with Crippen LogP contribution in [0.5, 0.6) is 0 Å². The van der Waals surface area contributed by atoms with Crippen molar-refractivity contribution >= 4 is 39.3 Å². The van der Waals surface area contributed by atoms with E-state index >= 15 is 0 Å². The summed E-state index contributed by atoms with van der Waals surface area (Å²) in [4.78, 5) is 16.0. The first-order chi connectivity index (χ1) is 14.8. The molecule has 1 fully saturated rings. The highest BCUT2D eigenvalue weighted by atomic mass is 16.5. The molecule has 8 N–H and O–H groups in total. The lowest BCUT2D eigenvalue weighted by Crippen LogP contribution is -2.47. The number of benzene rings is 1. The Balaban J connectivity index is 1.37. The van der Waals surface area contributed by atoms with Gasteiger partial charge in [0.05, 0.1) is 10.9 Å². The smallest absolute Gasteiger partial charge is 0.164 e. The van der Waals surface area contributed by atoms with Gasteiger partial charge in [-0.05, 0) is 37.3 Å². The van der Waals surface area contributed by atoms with Crippen LogP contribution < -0.4 is 16.8 Å². The molecule has 0 aliphatic carbocycles. The van der Waals surface area contributed by atoms with E-state index in [-0.39, 0.29) is 18.2 Å². The largest absolute Gasteiger partial charge is 0.387 e. The van der Waals surface area contributed by atoms with E-state index in [0.29, 0.717) is 16.9 Å². The zero-order valence-electron chi connectivity index (χ0n) is 16.8. The molecule has 0 unspecified atom stereocenters. The zero-order chi connectivity index (χ0) is 21.8. The third-order valence-corrected chi connectivity index (χ3v) is 5.77. The van der Waals surface area contributed by atoms with Crippen LogP contribution in [-0.2, 0) is 4.74 Å². The van der Waals surface area contributed by atoms with Crippen LogP contribution in [0.1, 0.15) is 18.9 Å². The van der Waals surface area contributed by atoms with Gasteiger partial charge in [0, 0.05) is 23.8 Å². The minimum atomic E-state index is -1.53. The summed E-state index contributed by atoms with van der Waals surface area (Å²) in [5.41, 5.74) is 12.3. The number of aliphatic hydroxyl groups excluding tert-OH is 1. The Bertz CT molecular complexity index is 1270. The van der Waals surface area contributed by atoms with Crippen molar-refractivity contribution in [3.8, 4) is 0 Å². The number of fused-ring (bicyclic) bond motifs is 2. The van der Waals surface area contributed by atoms with Crippen molar-refractivity contribution < 1.29 is 14.9 Å². The number of aromatic amines is 1. The minimum absolute atomic E-state index is 0.216. The van der Waals surface area contributed by atoms with E-state index < -0.39 is 23.9 Å². The maximum atomic E-state index is 10.9. The van der Waals surface area contributed by atoms with Gasteiger partial charge in [0.2, 0.25) is 0 Å². The first-order valence-electron chi connectivity index (χ1n) is 9.89. The molecule has 1 aliphatic rings. The van der Waals surface area contributed by atoms with Gasteiger partial charge < -0.3 is 36.7 Å². The van der Waals surface area contributed by atoms with E-state index in [0.717, 1.165) is 16.6 Å². The molecule has 5 rings (SSSR count). The van der Waals surface area contributed by atoms with Crippen LogP contribution in [0.25, 0.3) is 21.9 Å². The average Bonchev–Trinajstić information content (AvgIpc) is 3.30. The lowest BCUT2D eigenvalue weighted by molar-refractivity contribution is -0.0585. The van der Waals surface area contributed by atoms with E-state index in [2.05, 4.69) is 25.3 Å². The van der Waals surface area contributed by atoms with Crippen molar-refractivity contribution in [1.82, 2.24) is 19.9 Å². The second-order valence-corrected chi connectivity index (χ2v) is 7.95. The highest BCUT2D eigenvalue weighted by molar-refractivity contribution is 5.85. The summed E-state index contributed by atoms with van der Waals surface area (Å²) in [6.45, 7) is 1.78. The molecule has 4 aromatic rings. The molecule has 0 spiro atoms. The predicted octanol–water partition coefficient (Wildman–Crippen LogP) is 1.33. The maximum absolute atomic E-state index is 10.9. The Hall–Kier alpha value is -3.47. The standard InChI is InChI=1S/C21H23N7O3/c1-21(30)14(9-25-11-4-2-10-3-5-15(22)26-13(10)8-11)31-16(17(21)29)20-27-18(23)12-6-7-24-19(12)28-20/h2-8,14,16-17,25,29-30H,9H2,1H3,(H2,22,26)(H3,23,24,27,28)/t14-,16+,17-,21-/m1/s1. The quantitative estimate of drug-likeness (QED) is 0.285. The van der Waals surface area contributed by atoms with Crippen molar-refractivity contribution in [3.05, 3.63) is 48.4 Å². The highest BCUT2D eigenvalue weighted by Gasteiger charge is 2.53. The van der Waals surface area contributed by atoms with Crippen molar-refractivity contribution in [3.63, 3.8) is 0 Å². The average molecular weight is 421 g/mol. The molecular weight excluding hydrogens is 398 g/mol. The van der Waals surface area contributed by atoms with Gasteiger partial charge in [-0.2, -0.15) is 0 Å². The SMILES string of the molecule is C[C@]1(O)[C@H](O)[C@@H](c2nc(N)c3cc[nH]c3n2)O[C@@H]1CNc1ccc2ccc(N)nc2c1. The van der Waals surface area contributed by atoms with E-state index in [9.17, 15) is 10.2 Å². The maximum Gasteiger partial charge on any atom is 0.164 e. The van der Waals surface area contributed by atoms with Crippen molar-refractivity contribution in [2.75, 3.05) is 23.3 Å². The Kier molecular flexibility index (Phi) is 4.43. The zero-order valence-corrected chi connectivity index (χ0v) is 16.8. The number of nitrogen functional groups attached to an aromatic ring is 2. The topological polar surface area (TPSA) is 168 Å². The van der Waals surface area contributed by atoms with Gasteiger partial charge in [-0.1, -0.05) is 6.07 Å². The number of aliphatic hydroxyl groups is 2. The molecule has 3 aromatic heterocycles. The Labute approximate surface area is 177 Å². The minimum Gasteiger partial charge on any atom is -0.387 e.